The van der Waals surface area contributed by atoms with Gasteiger partial charge < -0.3 is 29.7 Å². The van der Waals surface area contributed by atoms with Crippen molar-refractivity contribution in [3.8, 4) is 11.5 Å². The first-order valence-electron chi connectivity index (χ1n) is 8.47. The van der Waals surface area contributed by atoms with E-state index < -0.39 is 12.0 Å². The van der Waals surface area contributed by atoms with E-state index in [4.69, 9.17) is 14.2 Å². The molecular weight excluding hydrogens is 342 g/mol. The van der Waals surface area contributed by atoms with Crippen LogP contribution < -0.4 is 25.0 Å². The van der Waals surface area contributed by atoms with E-state index in [9.17, 15) is 14.4 Å². The van der Waals surface area contributed by atoms with Gasteiger partial charge in [-0.05, 0) is 19.1 Å². The molecule has 3 rings (SSSR count). The topological polar surface area (TPSA) is 106 Å². The number of rotatable bonds is 5. The Morgan fingerprint density at radius 1 is 1.27 bits per heavy atom. The zero-order valence-corrected chi connectivity index (χ0v) is 14.4. The summed E-state index contributed by atoms with van der Waals surface area (Å²) in [7, 11) is 0. The summed E-state index contributed by atoms with van der Waals surface area (Å²) in [5.41, 5.74) is 0.690. The molecule has 1 fully saturated rings. The van der Waals surface area contributed by atoms with E-state index in [1.165, 1.54) is 0 Å². The number of carbonyl (C=O) groups excluding carboxylic acids is 3. The van der Waals surface area contributed by atoms with Crippen LogP contribution >= 0.6 is 0 Å². The fraction of sp³-hybridized carbons (Fsp3) is 0.471. The van der Waals surface area contributed by atoms with Crippen molar-refractivity contribution in [1.82, 2.24) is 10.6 Å². The third kappa shape index (κ3) is 4.16. The van der Waals surface area contributed by atoms with Gasteiger partial charge in [0, 0.05) is 24.7 Å². The highest BCUT2D eigenvalue weighted by Crippen LogP contribution is 2.35. The summed E-state index contributed by atoms with van der Waals surface area (Å²) in [6, 6.07) is 4.45. The minimum absolute atomic E-state index is 0.0997. The minimum Gasteiger partial charge on any atom is -0.486 e. The number of hydrogen-bond acceptors (Lipinski definition) is 6. The van der Waals surface area contributed by atoms with Gasteiger partial charge in [-0.1, -0.05) is 0 Å². The van der Waals surface area contributed by atoms with Gasteiger partial charge in [-0.15, -0.1) is 0 Å². The number of anilines is 1. The molecule has 0 unspecified atom stereocenters. The van der Waals surface area contributed by atoms with E-state index >= 15 is 0 Å². The first-order chi connectivity index (χ1) is 12.6. The predicted molar refractivity (Wildman–Crippen MR) is 91.4 cm³/mol. The largest absolute Gasteiger partial charge is 0.486 e. The number of ether oxygens (including phenoxy) is 3. The fourth-order valence-corrected chi connectivity index (χ4v) is 2.85. The maximum atomic E-state index is 12.3. The van der Waals surface area contributed by atoms with E-state index in [1.54, 1.807) is 30.0 Å². The highest BCUT2D eigenvalue weighted by Gasteiger charge is 2.32. The molecule has 9 heteroatoms. The number of nitrogens with zero attached hydrogens (tertiary/aromatic N) is 1. The number of benzene rings is 1. The Bertz CT molecular complexity index is 708. The van der Waals surface area contributed by atoms with Crippen molar-refractivity contribution in [3.63, 3.8) is 0 Å². The van der Waals surface area contributed by atoms with Crippen molar-refractivity contribution in [2.75, 3.05) is 37.8 Å². The molecule has 1 aromatic carbocycles. The van der Waals surface area contributed by atoms with E-state index in [0.717, 1.165) is 0 Å². The molecule has 2 aliphatic heterocycles. The highest BCUT2D eigenvalue weighted by atomic mass is 16.6. The first kappa shape index (κ1) is 17.8. The lowest BCUT2D eigenvalue weighted by atomic mass is 10.2. The van der Waals surface area contributed by atoms with E-state index in [2.05, 4.69) is 10.6 Å². The van der Waals surface area contributed by atoms with Crippen molar-refractivity contribution in [2.24, 2.45) is 0 Å². The van der Waals surface area contributed by atoms with Crippen LogP contribution in [0.2, 0.25) is 0 Å². The van der Waals surface area contributed by atoms with Gasteiger partial charge in [-0.2, -0.15) is 0 Å². The van der Waals surface area contributed by atoms with Crippen molar-refractivity contribution in [3.05, 3.63) is 18.2 Å². The van der Waals surface area contributed by atoms with Crippen LogP contribution in [0.15, 0.2) is 18.2 Å². The zero-order chi connectivity index (χ0) is 18.5. The lowest BCUT2D eigenvalue weighted by molar-refractivity contribution is -0.141. The molecule has 26 heavy (non-hydrogen) atoms. The number of carbonyl (C=O) groups is 3. The average molecular weight is 363 g/mol. The molecule has 0 bridgehead atoms. The van der Waals surface area contributed by atoms with Crippen LogP contribution in [0.3, 0.4) is 0 Å². The summed E-state index contributed by atoms with van der Waals surface area (Å²) in [4.78, 5) is 37.0. The van der Waals surface area contributed by atoms with Gasteiger partial charge in [0.2, 0.25) is 5.91 Å². The molecule has 140 valence electrons. The normalized spacial score (nSPS) is 18.4. The van der Waals surface area contributed by atoms with Crippen LogP contribution in [-0.2, 0) is 14.3 Å². The monoisotopic (exact) mass is 363 g/mol. The van der Waals surface area contributed by atoms with Crippen LogP contribution in [0.1, 0.15) is 13.3 Å². The van der Waals surface area contributed by atoms with Crippen molar-refractivity contribution >= 4 is 23.6 Å². The van der Waals surface area contributed by atoms with Gasteiger partial charge in [-0.3, -0.25) is 9.59 Å². The van der Waals surface area contributed by atoms with Gasteiger partial charge in [0.1, 0.15) is 19.8 Å². The Hall–Kier alpha value is -2.97. The molecule has 2 aliphatic rings. The third-order valence-corrected chi connectivity index (χ3v) is 4.00. The maximum Gasteiger partial charge on any atom is 0.325 e. The second-order valence-corrected chi connectivity index (χ2v) is 5.87. The lowest BCUT2D eigenvalue weighted by Crippen LogP contribution is -2.45. The molecule has 1 aromatic rings. The zero-order valence-electron chi connectivity index (χ0n) is 14.4. The second kappa shape index (κ2) is 7.94. The number of amides is 3. The smallest absolute Gasteiger partial charge is 0.325 e. The molecule has 0 saturated carbocycles. The van der Waals surface area contributed by atoms with Gasteiger partial charge in [0.05, 0.1) is 12.6 Å². The third-order valence-electron chi connectivity index (χ3n) is 4.00. The molecule has 0 radical (unpaired) electrons. The summed E-state index contributed by atoms with van der Waals surface area (Å²) in [6.07, 6.45) is 0.182. The summed E-state index contributed by atoms with van der Waals surface area (Å²) < 4.78 is 15.7. The van der Waals surface area contributed by atoms with Crippen LogP contribution in [0.4, 0.5) is 10.5 Å². The maximum absolute atomic E-state index is 12.3. The fourth-order valence-electron chi connectivity index (χ4n) is 2.85. The molecule has 1 saturated heterocycles. The summed E-state index contributed by atoms with van der Waals surface area (Å²) in [6.45, 7) is 3.03. The predicted octanol–water partition coefficient (Wildman–Crippen LogP) is 0.425. The molecule has 2 heterocycles. The van der Waals surface area contributed by atoms with Crippen LogP contribution in [0.25, 0.3) is 0 Å². The standard InChI is InChI=1S/C17H21N3O6/c1-2-24-16(22)9-18-17(23)19-11-7-15(21)20(10-11)12-3-4-13-14(8-12)26-6-5-25-13/h3-4,8,11H,2,5-7,9-10H2,1H3,(H2,18,19,23)/t11-/m0/s1. The van der Waals surface area contributed by atoms with Crippen molar-refractivity contribution in [1.29, 1.82) is 0 Å². The van der Waals surface area contributed by atoms with Crippen molar-refractivity contribution in [2.45, 2.75) is 19.4 Å². The molecule has 3 amide bonds. The van der Waals surface area contributed by atoms with E-state index in [1.807, 2.05) is 0 Å². The molecule has 0 aromatic heterocycles. The van der Waals surface area contributed by atoms with Gasteiger partial charge in [0.15, 0.2) is 11.5 Å². The Morgan fingerprint density at radius 2 is 2.04 bits per heavy atom. The Labute approximate surface area is 150 Å². The Morgan fingerprint density at radius 3 is 2.81 bits per heavy atom. The average Bonchev–Trinajstić information content (AvgIpc) is 3.00. The highest BCUT2D eigenvalue weighted by molar-refractivity contribution is 5.97. The number of fused-ring (bicyclic) bond motifs is 1. The van der Waals surface area contributed by atoms with E-state index in [-0.39, 0.29) is 31.5 Å². The van der Waals surface area contributed by atoms with E-state index in [0.29, 0.717) is 36.9 Å². The Balaban J connectivity index is 1.55. The quantitative estimate of drug-likeness (QED) is 0.735. The molecule has 0 spiro atoms. The SMILES string of the molecule is CCOC(=O)CNC(=O)N[C@H]1CC(=O)N(c2ccc3c(c2)OCCO3)C1. The molecule has 2 N–H and O–H groups in total. The van der Waals surface area contributed by atoms with Gasteiger partial charge >= 0.3 is 12.0 Å². The van der Waals surface area contributed by atoms with Crippen LogP contribution in [-0.4, -0.2) is 56.9 Å². The Kier molecular flexibility index (Phi) is 5.45. The number of urea groups is 1. The number of nitrogens with one attached hydrogen (secondary N) is 2. The lowest BCUT2D eigenvalue weighted by Gasteiger charge is -2.22. The number of hydrogen-bond donors (Lipinski definition) is 2. The first-order valence-corrected chi connectivity index (χ1v) is 8.47. The minimum atomic E-state index is -0.514. The van der Waals surface area contributed by atoms with Gasteiger partial charge in [-0.25, -0.2) is 4.79 Å². The second-order valence-electron chi connectivity index (χ2n) is 5.87. The summed E-state index contributed by atoms with van der Waals surface area (Å²) >= 11 is 0. The van der Waals surface area contributed by atoms with Crippen LogP contribution in [0, 0.1) is 0 Å². The molecular formula is C17H21N3O6. The molecule has 1 atom stereocenters. The summed E-state index contributed by atoms with van der Waals surface area (Å²) in [5, 5.41) is 5.11. The van der Waals surface area contributed by atoms with Gasteiger partial charge in [0.25, 0.3) is 0 Å². The summed E-state index contributed by atoms with van der Waals surface area (Å²) in [5.74, 6) is 0.644. The molecule has 9 nitrogen and oxygen atoms in total. The number of esters is 1. The van der Waals surface area contributed by atoms with Crippen molar-refractivity contribution < 1.29 is 28.6 Å². The van der Waals surface area contributed by atoms with Crippen LogP contribution in [0.5, 0.6) is 11.5 Å². The molecule has 0 aliphatic carbocycles.